The maximum atomic E-state index is 13.1. The van der Waals surface area contributed by atoms with Gasteiger partial charge in [0.15, 0.2) is 15.8 Å². The van der Waals surface area contributed by atoms with Crippen LogP contribution in [0.1, 0.15) is 26.3 Å². The van der Waals surface area contributed by atoms with Gasteiger partial charge < -0.3 is 14.4 Å². The van der Waals surface area contributed by atoms with E-state index in [9.17, 15) is 4.79 Å². The quantitative estimate of drug-likeness (QED) is 0.406. The maximum Gasteiger partial charge on any atom is 0.270 e. The third-order valence-corrected chi connectivity index (χ3v) is 6.12. The van der Waals surface area contributed by atoms with Crippen LogP contribution in [0.25, 0.3) is 6.08 Å². The molecule has 0 bridgehead atoms. The zero-order chi connectivity index (χ0) is 21.7. The van der Waals surface area contributed by atoms with E-state index in [2.05, 4.69) is 18.7 Å². The Morgan fingerprint density at radius 3 is 2.37 bits per heavy atom. The molecule has 0 aliphatic carbocycles. The summed E-state index contributed by atoms with van der Waals surface area (Å²) in [5.74, 6) is 1.19. The Morgan fingerprint density at radius 2 is 1.77 bits per heavy atom. The first-order valence-electron chi connectivity index (χ1n) is 9.96. The molecule has 1 aliphatic heterocycles. The molecule has 0 spiro atoms. The molecule has 0 atom stereocenters. The number of ether oxygens (including phenoxy) is 2. The molecule has 30 heavy (non-hydrogen) atoms. The predicted molar refractivity (Wildman–Crippen MR) is 130 cm³/mol. The predicted octanol–water partition coefficient (Wildman–Crippen LogP) is 5.35. The smallest absolute Gasteiger partial charge is 0.270 e. The molecule has 1 aliphatic rings. The fraction of sp³-hybridized carbons (Fsp3) is 0.304. The van der Waals surface area contributed by atoms with E-state index in [-0.39, 0.29) is 5.91 Å². The molecule has 5 nitrogen and oxygen atoms in total. The lowest BCUT2D eigenvalue weighted by atomic mass is 10.1. The van der Waals surface area contributed by atoms with Crippen LogP contribution in [0.15, 0.2) is 47.4 Å². The van der Waals surface area contributed by atoms with E-state index in [1.165, 1.54) is 11.8 Å². The van der Waals surface area contributed by atoms with Crippen LogP contribution in [0.4, 0.5) is 11.4 Å². The van der Waals surface area contributed by atoms with E-state index in [1.807, 2.05) is 55.5 Å². The highest BCUT2D eigenvalue weighted by Crippen LogP contribution is 2.37. The Morgan fingerprint density at radius 1 is 1.07 bits per heavy atom. The van der Waals surface area contributed by atoms with Crippen LogP contribution in [0.5, 0.6) is 11.5 Å². The van der Waals surface area contributed by atoms with E-state index in [0.717, 1.165) is 30.0 Å². The van der Waals surface area contributed by atoms with Crippen molar-refractivity contribution >= 4 is 51.7 Å². The minimum atomic E-state index is -0.117. The number of carbonyl (C=O) groups excluding carboxylic acids is 1. The molecule has 0 unspecified atom stereocenters. The second-order valence-corrected chi connectivity index (χ2v) is 8.22. The highest BCUT2D eigenvalue weighted by Gasteiger charge is 2.33. The summed E-state index contributed by atoms with van der Waals surface area (Å²) in [6.07, 6.45) is 1.84. The normalized spacial score (nSPS) is 15.1. The van der Waals surface area contributed by atoms with Crippen LogP contribution >= 0.6 is 24.0 Å². The Balaban J connectivity index is 1.84. The van der Waals surface area contributed by atoms with Crippen molar-refractivity contribution in [2.75, 3.05) is 36.6 Å². The van der Waals surface area contributed by atoms with E-state index in [1.54, 1.807) is 12.0 Å². The number of nitrogens with zero attached hydrogens (tertiary/aromatic N) is 2. The molecule has 1 heterocycles. The summed E-state index contributed by atoms with van der Waals surface area (Å²) in [6, 6.07) is 13.6. The molecule has 158 valence electrons. The van der Waals surface area contributed by atoms with Gasteiger partial charge in [-0.15, -0.1) is 0 Å². The first kappa shape index (κ1) is 22.2. The van der Waals surface area contributed by atoms with E-state index < -0.39 is 0 Å². The fourth-order valence-electron chi connectivity index (χ4n) is 3.29. The number of methoxy groups -OCH3 is 1. The monoisotopic (exact) mass is 442 g/mol. The number of thioether (sulfide) groups is 1. The first-order valence-corrected chi connectivity index (χ1v) is 11.2. The summed E-state index contributed by atoms with van der Waals surface area (Å²) >= 11 is 6.80. The third-order valence-electron chi connectivity index (χ3n) is 4.82. The number of anilines is 2. The van der Waals surface area contributed by atoms with Crippen LogP contribution in [0, 0.1) is 0 Å². The van der Waals surface area contributed by atoms with E-state index in [4.69, 9.17) is 21.7 Å². The topological polar surface area (TPSA) is 42.0 Å². The number of hydrogen-bond acceptors (Lipinski definition) is 6. The number of rotatable bonds is 8. The van der Waals surface area contributed by atoms with Gasteiger partial charge >= 0.3 is 0 Å². The number of thiocarbonyl (C=S) groups is 1. The molecule has 2 aromatic carbocycles. The van der Waals surface area contributed by atoms with Gasteiger partial charge in [-0.2, -0.15) is 0 Å². The molecule has 0 N–H and O–H groups in total. The van der Waals surface area contributed by atoms with Crippen molar-refractivity contribution < 1.29 is 14.3 Å². The number of carbonyl (C=O) groups is 1. The third kappa shape index (κ3) is 4.63. The number of benzene rings is 2. The molecule has 0 saturated carbocycles. The number of amides is 1. The summed E-state index contributed by atoms with van der Waals surface area (Å²) in [7, 11) is 1.60. The summed E-state index contributed by atoms with van der Waals surface area (Å²) in [4.78, 5) is 17.5. The molecule has 3 rings (SSSR count). The van der Waals surface area contributed by atoms with Gasteiger partial charge in [0.25, 0.3) is 5.91 Å². The average molecular weight is 443 g/mol. The Kier molecular flexibility index (Phi) is 7.39. The standard InChI is InChI=1S/C23H26N2O3S2/c1-5-24(6-2)17-9-11-18(12-10-17)25-22(26)21(30-23(25)29)15-16-8-13-19(28-7-3)20(14-16)27-4/h8-15H,5-7H2,1-4H3. The van der Waals surface area contributed by atoms with Gasteiger partial charge in [0, 0.05) is 18.8 Å². The van der Waals surface area contributed by atoms with E-state index >= 15 is 0 Å². The van der Waals surface area contributed by atoms with Gasteiger partial charge in [-0.1, -0.05) is 30.0 Å². The second kappa shape index (κ2) is 10.00. The second-order valence-electron chi connectivity index (χ2n) is 6.55. The zero-order valence-corrected chi connectivity index (χ0v) is 19.3. The summed E-state index contributed by atoms with van der Waals surface area (Å²) in [5.41, 5.74) is 2.76. The van der Waals surface area contributed by atoms with Crippen LogP contribution in [-0.4, -0.2) is 37.0 Å². The van der Waals surface area contributed by atoms with Gasteiger partial charge in [0.05, 0.1) is 24.3 Å². The lowest BCUT2D eigenvalue weighted by Crippen LogP contribution is -2.27. The molecule has 1 amide bonds. The molecule has 1 saturated heterocycles. The lowest BCUT2D eigenvalue weighted by Gasteiger charge is -2.22. The molecule has 0 aromatic heterocycles. The lowest BCUT2D eigenvalue weighted by molar-refractivity contribution is -0.113. The Bertz CT molecular complexity index is 953. The fourth-order valence-corrected chi connectivity index (χ4v) is 4.59. The van der Waals surface area contributed by atoms with E-state index in [0.29, 0.717) is 27.3 Å². The maximum absolute atomic E-state index is 13.1. The SMILES string of the molecule is CCOc1ccc(C=C2SC(=S)N(c3ccc(N(CC)CC)cc3)C2=O)cc1OC. The van der Waals surface area contributed by atoms with Crippen LogP contribution in [-0.2, 0) is 4.79 Å². The Labute approximate surface area is 187 Å². The summed E-state index contributed by atoms with van der Waals surface area (Å²) < 4.78 is 11.5. The van der Waals surface area contributed by atoms with Crippen molar-refractivity contribution in [1.29, 1.82) is 0 Å². The summed E-state index contributed by atoms with van der Waals surface area (Å²) in [5, 5.41) is 0. The van der Waals surface area contributed by atoms with Crippen molar-refractivity contribution in [1.82, 2.24) is 0 Å². The highest BCUT2D eigenvalue weighted by atomic mass is 32.2. The minimum absolute atomic E-state index is 0.117. The average Bonchev–Trinajstić information content (AvgIpc) is 3.03. The van der Waals surface area contributed by atoms with Gasteiger partial charge in [-0.25, -0.2) is 0 Å². The van der Waals surface area contributed by atoms with Crippen molar-refractivity contribution in [3.63, 3.8) is 0 Å². The van der Waals surface area contributed by atoms with Crippen molar-refractivity contribution in [2.24, 2.45) is 0 Å². The van der Waals surface area contributed by atoms with Crippen molar-refractivity contribution in [3.05, 3.63) is 52.9 Å². The molecule has 1 fully saturated rings. The van der Waals surface area contributed by atoms with Gasteiger partial charge in [-0.05, 0) is 68.8 Å². The molecule has 7 heteroatoms. The van der Waals surface area contributed by atoms with Crippen LogP contribution in [0.3, 0.4) is 0 Å². The minimum Gasteiger partial charge on any atom is -0.493 e. The van der Waals surface area contributed by atoms with Crippen molar-refractivity contribution in [2.45, 2.75) is 20.8 Å². The zero-order valence-electron chi connectivity index (χ0n) is 17.7. The van der Waals surface area contributed by atoms with Gasteiger partial charge in [0.1, 0.15) is 0 Å². The van der Waals surface area contributed by atoms with Crippen LogP contribution in [0.2, 0.25) is 0 Å². The van der Waals surface area contributed by atoms with Gasteiger partial charge in [0.2, 0.25) is 0 Å². The molecule has 2 aromatic rings. The van der Waals surface area contributed by atoms with Crippen LogP contribution < -0.4 is 19.3 Å². The largest absolute Gasteiger partial charge is 0.493 e. The van der Waals surface area contributed by atoms with Crippen molar-refractivity contribution in [3.8, 4) is 11.5 Å². The first-order chi connectivity index (χ1) is 14.5. The Hall–Kier alpha value is -2.51. The summed E-state index contributed by atoms with van der Waals surface area (Å²) in [6.45, 7) is 8.60. The molecule has 0 radical (unpaired) electrons. The highest BCUT2D eigenvalue weighted by molar-refractivity contribution is 8.27. The van der Waals surface area contributed by atoms with Gasteiger partial charge in [-0.3, -0.25) is 9.69 Å². The number of hydrogen-bond donors (Lipinski definition) is 0. The molecular formula is C23H26N2O3S2. The molecular weight excluding hydrogens is 416 g/mol.